The van der Waals surface area contributed by atoms with E-state index in [4.69, 9.17) is 31.2 Å². The van der Waals surface area contributed by atoms with Crippen molar-refractivity contribution >= 4 is 55.8 Å². The summed E-state index contributed by atoms with van der Waals surface area (Å²) in [5.41, 5.74) is 5.93. The van der Waals surface area contributed by atoms with E-state index >= 15 is 0 Å². The van der Waals surface area contributed by atoms with Crippen LogP contribution in [0.4, 0.5) is 5.82 Å². The first-order chi connectivity index (χ1) is 21.8. The number of aromatic nitrogens is 3. The average molecular weight is 660 g/mol. The van der Waals surface area contributed by atoms with E-state index < -0.39 is 17.7 Å². The maximum Gasteiger partial charge on any atom is 0.339 e. The van der Waals surface area contributed by atoms with Crippen LogP contribution in [0.2, 0.25) is 5.02 Å². The van der Waals surface area contributed by atoms with Crippen molar-refractivity contribution in [2.75, 3.05) is 38.7 Å². The lowest BCUT2D eigenvalue weighted by atomic mass is 9.91. The Morgan fingerprint density at radius 3 is 2.50 bits per heavy atom. The van der Waals surface area contributed by atoms with Gasteiger partial charge in [0, 0.05) is 53.3 Å². The van der Waals surface area contributed by atoms with Crippen molar-refractivity contribution in [3.05, 3.63) is 64.7 Å². The number of esters is 1. The summed E-state index contributed by atoms with van der Waals surface area (Å²) in [6, 6.07) is 16.8. The molecule has 3 aromatic carbocycles. The van der Waals surface area contributed by atoms with Gasteiger partial charge in [-0.05, 0) is 103 Å². The van der Waals surface area contributed by atoms with Gasteiger partial charge in [-0.2, -0.15) is 5.10 Å². The lowest BCUT2D eigenvalue weighted by Gasteiger charge is -2.29. The number of anilines is 1. The molecule has 0 aliphatic carbocycles. The van der Waals surface area contributed by atoms with Crippen molar-refractivity contribution in [1.29, 1.82) is 0 Å². The van der Waals surface area contributed by atoms with Crippen LogP contribution in [-0.4, -0.2) is 71.1 Å². The van der Waals surface area contributed by atoms with Crippen LogP contribution >= 0.6 is 22.9 Å². The highest BCUT2D eigenvalue weighted by molar-refractivity contribution is 7.22. The number of likely N-dealkylation sites (N-methyl/N-ethyl adjacent to an activating group) is 1. The number of aryl methyl sites for hydroxylation is 2. The predicted molar refractivity (Wildman–Crippen MR) is 189 cm³/mol. The molecule has 1 saturated heterocycles. The summed E-state index contributed by atoms with van der Waals surface area (Å²) in [5, 5.41) is 7.61. The van der Waals surface area contributed by atoms with Crippen molar-refractivity contribution in [3.63, 3.8) is 0 Å². The SMILES string of the molecule is CCOC(=O)[C@@H](OC(C)(C)C)c1c(C)cc2nc(-c3ccc4c(c3)c(N3CC[C@H](N(C)C)C3)nn4C)sc2c1-c1ccc(Cl)cc1. The van der Waals surface area contributed by atoms with Crippen molar-refractivity contribution < 1.29 is 14.3 Å². The molecule has 0 radical (unpaired) electrons. The summed E-state index contributed by atoms with van der Waals surface area (Å²) in [5.74, 6) is 0.606. The Labute approximate surface area is 279 Å². The van der Waals surface area contributed by atoms with Gasteiger partial charge in [-0.3, -0.25) is 4.68 Å². The summed E-state index contributed by atoms with van der Waals surface area (Å²) in [4.78, 5) is 23.4. The Morgan fingerprint density at radius 1 is 1.13 bits per heavy atom. The molecule has 0 spiro atoms. The van der Waals surface area contributed by atoms with Crippen molar-refractivity contribution in [1.82, 2.24) is 19.7 Å². The largest absolute Gasteiger partial charge is 0.464 e. The summed E-state index contributed by atoms with van der Waals surface area (Å²) in [6.07, 6.45) is 0.199. The Bertz CT molecular complexity index is 1910. The topological polar surface area (TPSA) is 72.7 Å². The molecule has 3 heterocycles. The van der Waals surface area contributed by atoms with Crippen LogP contribution in [-0.2, 0) is 21.3 Å². The van der Waals surface area contributed by atoms with Gasteiger partial charge in [-0.25, -0.2) is 9.78 Å². The highest BCUT2D eigenvalue weighted by Crippen LogP contribution is 2.45. The maximum absolute atomic E-state index is 13.5. The number of hydrogen-bond acceptors (Lipinski definition) is 8. The first-order valence-electron chi connectivity index (χ1n) is 15.8. The number of nitrogens with zero attached hydrogens (tertiary/aromatic N) is 5. The van der Waals surface area contributed by atoms with Crippen LogP contribution in [0.25, 0.3) is 42.8 Å². The fourth-order valence-corrected chi connectivity index (χ4v) is 7.59. The van der Waals surface area contributed by atoms with Gasteiger partial charge in [-0.1, -0.05) is 23.7 Å². The standard InChI is InChI=1S/C36H42ClN5O3S/c1-9-44-35(43)31(45-36(3,4)5)29-21(2)18-27-32(30(29)22-10-13-24(37)14-11-22)46-34(38-27)23-12-15-28-26(19-23)33(39-41(28)8)42-17-16-25(20-42)40(6)7/h10-15,18-19,25,31H,9,16-17,20H2,1-8H3/t25-,31-/m0/s1. The molecule has 0 bridgehead atoms. The van der Waals surface area contributed by atoms with Crippen LogP contribution < -0.4 is 4.90 Å². The minimum atomic E-state index is -0.915. The molecule has 0 unspecified atom stereocenters. The number of hydrogen-bond donors (Lipinski definition) is 0. The lowest BCUT2D eigenvalue weighted by molar-refractivity contribution is -0.166. The van der Waals surface area contributed by atoms with Crippen molar-refractivity contribution in [2.24, 2.45) is 7.05 Å². The fourth-order valence-electron chi connectivity index (χ4n) is 6.34. The Hall–Kier alpha value is -3.50. The molecule has 0 N–H and O–H groups in total. The minimum absolute atomic E-state index is 0.261. The van der Waals surface area contributed by atoms with Crippen LogP contribution in [0.15, 0.2) is 48.5 Å². The van der Waals surface area contributed by atoms with Gasteiger partial charge in [0.05, 0.1) is 27.9 Å². The van der Waals surface area contributed by atoms with E-state index in [-0.39, 0.29) is 6.61 Å². The quantitative estimate of drug-likeness (QED) is 0.156. The van der Waals surface area contributed by atoms with Gasteiger partial charge < -0.3 is 19.3 Å². The van der Waals surface area contributed by atoms with Gasteiger partial charge in [0.15, 0.2) is 11.9 Å². The molecule has 1 aliphatic rings. The van der Waals surface area contributed by atoms with Gasteiger partial charge in [0.2, 0.25) is 0 Å². The smallest absolute Gasteiger partial charge is 0.339 e. The molecule has 0 saturated carbocycles. The molecule has 46 heavy (non-hydrogen) atoms. The maximum atomic E-state index is 13.5. The molecule has 10 heteroatoms. The highest BCUT2D eigenvalue weighted by Gasteiger charge is 2.34. The number of carbonyl (C=O) groups is 1. The highest BCUT2D eigenvalue weighted by atomic mass is 35.5. The second kappa shape index (κ2) is 12.6. The summed E-state index contributed by atoms with van der Waals surface area (Å²) in [6.45, 7) is 11.9. The first-order valence-corrected chi connectivity index (χ1v) is 17.0. The number of benzene rings is 3. The molecule has 1 aliphatic heterocycles. The third-order valence-electron chi connectivity index (χ3n) is 8.57. The molecule has 5 aromatic rings. The van der Waals surface area contributed by atoms with Gasteiger partial charge >= 0.3 is 5.97 Å². The van der Waals surface area contributed by atoms with Crippen LogP contribution in [0, 0.1) is 6.92 Å². The third-order valence-corrected chi connectivity index (χ3v) is 9.96. The normalized spacial score (nSPS) is 16.2. The molecule has 6 rings (SSSR count). The van der Waals surface area contributed by atoms with E-state index in [2.05, 4.69) is 48.2 Å². The zero-order valence-electron chi connectivity index (χ0n) is 27.8. The van der Waals surface area contributed by atoms with E-state index in [1.165, 1.54) is 0 Å². The van der Waals surface area contributed by atoms with Crippen molar-refractivity contribution in [2.45, 2.75) is 58.8 Å². The zero-order chi connectivity index (χ0) is 32.9. The number of carbonyl (C=O) groups excluding carboxylic acids is 1. The number of fused-ring (bicyclic) bond motifs is 2. The van der Waals surface area contributed by atoms with E-state index in [1.807, 2.05) is 70.6 Å². The number of rotatable bonds is 8. The monoisotopic (exact) mass is 659 g/mol. The van der Waals surface area contributed by atoms with E-state index in [0.717, 1.165) is 79.3 Å². The number of thiazole rings is 1. The predicted octanol–water partition coefficient (Wildman–Crippen LogP) is 8.04. The summed E-state index contributed by atoms with van der Waals surface area (Å²) >= 11 is 7.94. The average Bonchev–Trinajstić information content (AvgIpc) is 3.73. The minimum Gasteiger partial charge on any atom is -0.464 e. The van der Waals surface area contributed by atoms with E-state index in [1.54, 1.807) is 11.3 Å². The second-order valence-electron chi connectivity index (χ2n) is 13.2. The van der Waals surface area contributed by atoms with Crippen molar-refractivity contribution in [3.8, 4) is 21.7 Å². The fraction of sp³-hybridized carbons (Fsp3) is 0.417. The second-order valence-corrected chi connectivity index (χ2v) is 14.7. The molecule has 0 amide bonds. The molecular formula is C36H42ClN5O3S. The molecular weight excluding hydrogens is 618 g/mol. The van der Waals surface area contributed by atoms with E-state index in [0.29, 0.717) is 11.1 Å². The molecule has 2 aromatic heterocycles. The molecule has 2 atom stereocenters. The Balaban J connectivity index is 1.53. The first kappa shape index (κ1) is 32.4. The van der Waals surface area contributed by atoms with Crippen LogP contribution in [0.1, 0.15) is 51.3 Å². The number of halogens is 1. The lowest BCUT2D eigenvalue weighted by Crippen LogP contribution is -2.31. The van der Waals surface area contributed by atoms with E-state index in [9.17, 15) is 4.79 Å². The third kappa shape index (κ3) is 6.26. The molecule has 8 nitrogen and oxygen atoms in total. The zero-order valence-corrected chi connectivity index (χ0v) is 29.4. The molecule has 242 valence electrons. The summed E-state index contributed by atoms with van der Waals surface area (Å²) < 4.78 is 15.0. The van der Waals surface area contributed by atoms with Crippen LogP contribution in [0.3, 0.4) is 0 Å². The Morgan fingerprint density at radius 2 is 1.85 bits per heavy atom. The van der Waals surface area contributed by atoms with Gasteiger partial charge in [0.25, 0.3) is 0 Å². The van der Waals surface area contributed by atoms with Gasteiger partial charge in [-0.15, -0.1) is 11.3 Å². The molecule has 1 fully saturated rings. The number of ether oxygens (including phenoxy) is 2. The van der Waals surface area contributed by atoms with Crippen LogP contribution in [0.5, 0.6) is 0 Å². The van der Waals surface area contributed by atoms with Gasteiger partial charge in [0.1, 0.15) is 5.01 Å². The summed E-state index contributed by atoms with van der Waals surface area (Å²) in [7, 11) is 6.29. The Kier molecular flexibility index (Phi) is 8.89.